The van der Waals surface area contributed by atoms with E-state index in [9.17, 15) is 17.6 Å². The van der Waals surface area contributed by atoms with E-state index >= 15 is 0 Å². The maximum atomic E-state index is 13.9. The number of halogens is 4. The van der Waals surface area contributed by atoms with Crippen LogP contribution in [0.3, 0.4) is 0 Å². The van der Waals surface area contributed by atoms with Crippen molar-refractivity contribution >= 4 is 22.7 Å². The van der Waals surface area contributed by atoms with Crippen molar-refractivity contribution in [3.63, 3.8) is 0 Å². The maximum Gasteiger partial charge on any atom is 0.345 e. The Morgan fingerprint density at radius 2 is 1.92 bits per heavy atom. The van der Waals surface area contributed by atoms with Crippen LogP contribution in [-0.2, 0) is 11.3 Å². The van der Waals surface area contributed by atoms with Gasteiger partial charge in [0.25, 0.3) is 0 Å². The zero-order valence-electron chi connectivity index (χ0n) is 19.6. The number of nitrogen functional groups attached to an aromatic ring is 1. The number of imidazole rings is 1. The molecule has 1 atom stereocenters. The molecule has 4 heterocycles. The maximum absolute atomic E-state index is 13.9. The Kier molecular flexibility index (Phi) is 6.65. The van der Waals surface area contributed by atoms with E-state index in [1.807, 2.05) is 4.90 Å². The number of hydrogen-bond acceptors (Lipinski definition) is 8. The third-order valence-corrected chi connectivity index (χ3v) is 6.40. The number of anilines is 2. The normalized spacial score (nSPS) is 18.2. The van der Waals surface area contributed by atoms with E-state index in [1.165, 1.54) is 12.4 Å². The van der Waals surface area contributed by atoms with Crippen LogP contribution < -0.4 is 16.4 Å². The van der Waals surface area contributed by atoms with Crippen molar-refractivity contribution in [2.45, 2.75) is 31.5 Å². The molecule has 0 radical (unpaired) electrons. The highest BCUT2D eigenvalue weighted by Gasteiger charge is 2.34. The number of hydrogen-bond donors (Lipinski definition) is 2. The lowest BCUT2D eigenvalue weighted by Crippen LogP contribution is -2.57. The van der Waals surface area contributed by atoms with E-state index in [2.05, 4.69) is 24.7 Å². The molecular formula is C24H24F4N8O. The predicted octanol–water partition coefficient (Wildman–Crippen LogP) is 3.33. The lowest BCUT2D eigenvalue weighted by Gasteiger charge is -2.41. The molecule has 0 aliphatic carbocycles. The number of ether oxygens (including phenoxy) is 1. The fraction of sp³-hybridized carbons (Fsp3) is 0.333. The molecule has 1 fully saturated rings. The third-order valence-electron chi connectivity index (χ3n) is 6.40. The van der Waals surface area contributed by atoms with Gasteiger partial charge in [0, 0.05) is 18.7 Å². The van der Waals surface area contributed by atoms with Crippen molar-refractivity contribution in [3.8, 4) is 11.3 Å². The second kappa shape index (κ2) is 9.90. The topological polar surface area (TPSA) is 121 Å². The fourth-order valence-electron chi connectivity index (χ4n) is 4.63. The summed E-state index contributed by atoms with van der Waals surface area (Å²) in [7, 11) is 0. The van der Waals surface area contributed by atoms with Crippen molar-refractivity contribution in [2.24, 2.45) is 5.73 Å². The van der Waals surface area contributed by atoms with Crippen molar-refractivity contribution in [2.75, 3.05) is 30.3 Å². The smallest absolute Gasteiger partial charge is 0.345 e. The van der Waals surface area contributed by atoms with Gasteiger partial charge in [-0.3, -0.25) is 4.98 Å². The first-order valence-electron chi connectivity index (χ1n) is 11.5. The van der Waals surface area contributed by atoms with Crippen LogP contribution in [0.1, 0.15) is 18.4 Å². The van der Waals surface area contributed by atoms with Crippen LogP contribution in [0, 0.1) is 11.6 Å². The molecule has 1 aromatic carbocycles. The Hall–Kier alpha value is -3.84. The van der Waals surface area contributed by atoms with Gasteiger partial charge < -0.3 is 25.7 Å². The van der Waals surface area contributed by atoms with Crippen LogP contribution in [0.4, 0.5) is 29.1 Å². The van der Waals surface area contributed by atoms with E-state index in [-0.39, 0.29) is 25.5 Å². The molecule has 4 N–H and O–H groups in total. The van der Waals surface area contributed by atoms with Gasteiger partial charge in [-0.15, -0.1) is 0 Å². The lowest BCUT2D eigenvalue weighted by molar-refractivity contribution is -0.141. The standard InChI is InChI=1S/C24H24F4N8O/c25-16-3-2-14(6-17(16)26)18-7-15(9-36-13-34-20-21(29)32-12-33-22(20)36)19(8-31-18)35-5-1-4-24(30,10-35)11-37-23(27)28/h2-3,6-8,12-13,23H,1,4-5,9-11,30H2,(H2,29,32,33)/t24-/m1/s1. The van der Waals surface area contributed by atoms with Crippen LogP contribution in [0.25, 0.3) is 22.4 Å². The summed E-state index contributed by atoms with van der Waals surface area (Å²) in [6.07, 6.45) is 5.72. The first-order chi connectivity index (χ1) is 17.7. The highest BCUT2D eigenvalue weighted by Crippen LogP contribution is 2.32. The van der Waals surface area contributed by atoms with E-state index in [0.717, 1.165) is 17.7 Å². The molecule has 3 aromatic heterocycles. The minimum absolute atomic E-state index is 0.240. The summed E-state index contributed by atoms with van der Waals surface area (Å²) in [4.78, 5) is 19.0. The lowest BCUT2D eigenvalue weighted by atomic mass is 9.90. The summed E-state index contributed by atoms with van der Waals surface area (Å²) in [6, 6.07) is 5.33. The van der Waals surface area contributed by atoms with Gasteiger partial charge in [-0.05, 0) is 42.7 Å². The summed E-state index contributed by atoms with van der Waals surface area (Å²) in [5.74, 6) is -1.70. The molecule has 0 amide bonds. The summed E-state index contributed by atoms with van der Waals surface area (Å²) < 4.78 is 59.2. The van der Waals surface area contributed by atoms with Gasteiger partial charge in [-0.25, -0.2) is 23.7 Å². The highest BCUT2D eigenvalue weighted by molar-refractivity contribution is 5.81. The molecule has 13 heteroatoms. The first kappa shape index (κ1) is 24.8. The van der Waals surface area contributed by atoms with E-state index in [1.54, 1.807) is 23.2 Å². The SMILES string of the molecule is Nc1ncnc2c1ncn2Cc1cc(-c2ccc(F)c(F)c2)ncc1N1CCC[C@](N)(COC(F)F)C1. The minimum Gasteiger partial charge on any atom is -0.382 e. The molecule has 1 aliphatic heterocycles. The minimum atomic E-state index is -2.91. The van der Waals surface area contributed by atoms with Crippen molar-refractivity contribution in [1.82, 2.24) is 24.5 Å². The summed E-state index contributed by atoms with van der Waals surface area (Å²) in [5, 5.41) is 0. The van der Waals surface area contributed by atoms with E-state index in [4.69, 9.17) is 11.5 Å². The number of benzene rings is 1. The Morgan fingerprint density at radius 3 is 2.70 bits per heavy atom. The number of nitrogens with two attached hydrogens (primary N) is 2. The van der Waals surface area contributed by atoms with Crippen LogP contribution >= 0.6 is 0 Å². The Morgan fingerprint density at radius 1 is 1.08 bits per heavy atom. The number of pyridine rings is 1. The van der Waals surface area contributed by atoms with Crippen LogP contribution in [-0.4, -0.2) is 56.3 Å². The largest absolute Gasteiger partial charge is 0.382 e. The molecule has 37 heavy (non-hydrogen) atoms. The fourth-order valence-corrected chi connectivity index (χ4v) is 4.63. The monoisotopic (exact) mass is 516 g/mol. The second-order valence-corrected chi connectivity index (χ2v) is 9.09. The average Bonchev–Trinajstić information content (AvgIpc) is 3.28. The molecule has 194 valence electrons. The number of aromatic nitrogens is 5. The average molecular weight is 517 g/mol. The molecule has 0 unspecified atom stereocenters. The van der Waals surface area contributed by atoms with Crippen LogP contribution in [0.5, 0.6) is 0 Å². The van der Waals surface area contributed by atoms with Gasteiger partial charge in [-0.2, -0.15) is 8.78 Å². The van der Waals surface area contributed by atoms with Gasteiger partial charge >= 0.3 is 6.61 Å². The molecule has 1 aliphatic rings. The third kappa shape index (κ3) is 5.18. The Labute approximate surface area is 209 Å². The number of fused-ring (bicyclic) bond motifs is 1. The van der Waals surface area contributed by atoms with Gasteiger partial charge in [0.15, 0.2) is 23.1 Å². The zero-order valence-corrected chi connectivity index (χ0v) is 19.6. The Bertz CT molecular complexity index is 1430. The van der Waals surface area contributed by atoms with E-state index < -0.39 is 23.8 Å². The van der Waals surface area contributed by atoms with Crippen molar-refractivity contribution in [1.29, 1.82) is 0 Å². The summed E-state index contributed by atoms with van der Waals surface area (Å²) in [6.45, 7) is -2.04. The van der Waals surface area contributed by atoms with Gasteiger partial charge in [0.1, 0.15) is 11.8 Å². The molecule has 0 spiro atoms. The Balaban J connectivity index is 1.54. The van der Waals surface area contributed by atoms with Gasteiger partial charge in [-0.1, -0.05) is 0 Å². The summed E-state index contributed by atoms with van der Waals surface area (Å²) >= 11 is 0. The quantitative estimate of drug-likeness (QED) is 0.359. The molecule has 1 saturated heterocycles. The molecule has 0 saturated carbocycles. The van der Waals surface area contributed by atoms with Crippen molar-refractivity contribution in [3.05, 3.63) is 60.3 Å². The highest BCUT2D eigenvalue weighted by atomic mass is 19.3. The number of rotatable bonds is 7. The molecular weight excluding hydrogens is 492 g/mol. The van der Waals surface area contributed by atoms with Crippen molar-refractivity contribution < 1.29 is 22.3 Å². The van der Waals surface area contributed by atoms with Gasteiger partial charge in [0.05, 0.1) is 42.6 Å². The van der Waals surface area contributed by atoms with E-state index in [0.29, 0.717) is 47.5 Å². The number of nitrogens with zero attached hydrogens (tertiary/aromatic N) is 6. The van der Waals surface area contributed by atoms with Crippen LogP contribution in [0.2, 0.25) is 0 Å². The van der Waals surface area contributed by atoms with Crippen LogP contribution in [0.15, 0.2) is 43.1 Å². The predicted molar refractivity (Wildman–Crippen MR) is 129 cm³/mol. The second-order valence-electron chi connectivity index (χ2n) is 9.09. The number of piperidine rings is 1. The molecule has 4 aromatic rings. The molecule has 9 nitrogen and oxygen atoms in total. The molecule has 0 bridgehead atoms. The summed E-state index contributed by atoms with van der Waals surface area (Å²) in [5.41, 5.74) is 14.6. The number of alkyl halides is 2. The van der Waals surface area contributed by atoms with Gasteiger partial charge in [0.2, 0.25) is 0 Å². The zero-order chi connectivity index (χ0) is 26.2. The molecule has 5 rings (SSSR count). The first-order valence-corrected chi connectivity index (χ1v) is 11.5.